The van der Waals surface area contributed by atoms with Crippen molar-refractivity contribution in [2.75, 3.05) is 39.4 Å². The van der Waals surface area contributed by atoms with Gasteiger partial charge in [-0.2, -0.15) is 5.26 Å². The third-order valence-electron chi connectivity index (χ3n) is 4.29. The van der Waals surface area contributed by atoms with Crippen molar-refractivity contribution in [2.45, 2.75) is 0 Å². The fraction of sp³-hybridized carbons (Fsp3) is 0.300. The molecule has 1 aliphatic rings. The third-order valence-corrected chi connectivity index (χ3v) is 4.85. The van der Waals surface area contributed by atoms with Gasteiger partial charge in [0.15, 0.2) is 0 Å². The number of halogens is 2. The number of benzene rings is 1. The molecule has 0 unspecified atom stereocenters. The maximum atomic E-state index is 12.3. The van der Waals surface area contributed by atoms with Crippen molar-refractivity contribution in [2.24, 2.45) is 0 Å². The molecule has 0 saturated carbocycles. The second kappa shape index (κ2) is 9.76. The van der Waals surface area contributed by atoms with Crippen LogP contribution in [0.15, 0.2) is 40.3 Å². The zero-order valence-electron chi connectivity index (χ0n) is 15.1. The molecule has 1 aromatic heterocycles. The van der Waals surface area contributed by atoms with E-state index in [9.17, 15) is 10.1 Å². The number of morpholine rings is 1. The largest absolute Gasteiger partial charge is 0.457 e. The number of nitriles is 1. The van der Waals surface area contributed by atoms with Crippen LogP contribution in [0.2, 0.25) is 10.0 Å². The van der Waals surface area contributed by atoms with Gasteiger partial charge in [0, 0.05) is 42.8 Å². The van der Waals surface area contributed by atoms with E-state index in [0.717, 1.165) is 13.1 Å². The van der Waals surface area contributed by atoms with Crippen LogP contribution in [0.4, 0.5) is 0 Å². The van der Waals surface area contributed by atoms with E-state index in [1.807, 2.05) is 6.07 Å². The van der Waals surface area contributed by atoms with Gasteiger partial charge in [-0.1, -0.05) is 23.2 Å². The molecule has 0 radical (unpaired) electrons. The molecule has 6 nitrogen and oxygen atoms in total. The van der Waals surface area contributed by atoms with Gasteiger partial charge in [-0.3, -0.25) is 9.69 Å². The van der Waals surface area contributed by atoms with Gasteiger partial charge in [-0.15, -0.1) is 0 Å². The molecule has 146 valence electrons. The molecule has 0 atom stereocenters. The number of rotatable bonds is 6. The number of nitrogens with zero attached hydrogens (tertiary/aromatic N) is 2. The van der Waals surface area contributed by atoms with Gasteiger partial charge in [0.25, 0.3) is 5.91 Å². The first-order chi connectivity index (χ1) is 13.6. The lowest BCUT2D eigenvalue weighted by molar-refractivity contribution is -0.117. The summed E-state index contributed by atoms with van der Waals surface area (Å²) in [5, 5.41) is 13.1. The van der Waals surface area contributed by atoms with Crippen LogP contribution in [0.25, 0.3) is 17.4 Å². The number of carbonyl (C=O) groups is 1. The zero-order chi connectivity index (χ0) is 19.9. The molecule has 1 fully saturated rings. The average molecular weight is 420 g/mol. The van der Waals surface area contributed by atoms with Crippen LogP contribution in [0.1, 0.15) is 5.76 Å². The minimum absolute atomic E-state index is 0.0277. The molecule has 8 heteroatoms. The molecular formula is C20H19Cl2N3O3. The van der Waals surface area contributed by atoms with Gasteiger partial charge in [0.2, 0.25) is 0 Å². The fourth-order valence-electron chi connectivity index (χ4n) is 2.80. The molecule has 1 aromatic carbocycles. The fourth-order valence-corrected chi connectivity index (χ4v) is 3.18. The Labute approximate surface area is 173 Å². The Kier molecular flexibility index (Phi) is 7.12. The first-order valence-corrected chi connectivity index (χ1v) is 9.58. The summed E-state index contributed by atoms with van der Waals surface area (Å²) >= 11 is 12.2. The highest BCUT2D eigenvalue weighted by Gasteiger charge is 2.14. The van der Waals surface area contributed by atoms with Crippen LogP contribution in [0, 0.1) is 11.3 Å². The number of furan rings is 1. The lowest BCUT2D eigenvalue weighted by Gasteiger charge is -2.26. The number of nitrogens with one attached hydrogen (secondary N) is 1. The Morgan fingerprint density at radius 1 is 1.25 bits per heavy atom. The number of carbonyl (C=O) groups excluding carboxylic acids is 1. The summed E-state index contributed by atoms with van der Waals surface area (Å²) in [4.78, 5) is 14.5. The highest BCUT2D eigenvalue weighted by Crippen LogP contribution is 2.32. The van der Waals surface area contributed by atoms with E-state index in [1.165, 1.54) is 6.08 Å². The van der Waals surface area contributed by atoms with Crippen molar-refractivity contribution in [1.29, 1.82) is 5.26 Å². The van der Waals surface area contributed by atoms with E-state index < -0.39 is 5.91 Å². The van der Waals surface area contributed by atoms with Crippen molar-refractivity contribution >= 4 is 35.2 Å². The molecule has 1 aliphatic heterocycles. The SMILES string of the molecule is N#C/C(=C\c1ccc(-c2cc(Cl)ccc2Cl)o1)C(=O)NCCN1CCOCC1. The molecule has 0 bridgehead atoms. The van der Waals surface area contributed by atoms with Crippen molar-refractivity contribution in [1.82, 2.24) is 10.2 Å². The van der Waals surface area contributed by atoms with Gasteiger partial charge in [0.05, 0.1) is 18.2 Å². The summed E-state index contributed by atoms with van der Waals surface area (Å²) in [5.41, 5.74) is 0.613. The Bertz CT molecular complexity index is 912. The van der Waals surface area contributed by atoms with Gasteiger partial charge in [-0.05, 0) is 30.3 Å². The van der Waals surface area contributed by atoms with E-state index in [0.29, 0.717) is 53.4 Å². The predicted octanol–water partition coefficient (Wildman–Crippen LogP) is 3.61. The quantitative estimate of drug-likeness (QED) is 0.571. The van der Waals surface area contributed by atoms with Crippen LogP contribution in [-0.2, 0) is 9.53 Å². The standard InChI is InChI=1S/C20H19Cl2N3O3/c21-15-1-3-18(22)17(12-15)19-4-2-16(28-19)11-14(13-23)20(26)24-5-6-25-7-9-27-10-8-25/h1-4,11-12H,5-10H2,(H,24,26)/b14-11+. The number of hydrogen-bond donors (Lipinski definition) is 1. The van der Waals surface area contributed by atoms with Crippen molar-refractivity contribution in [3.63, 3.8) is 0 Å². The monoisotopic (exact) mass is 419 g/mol. The first kappa shape index (κ1) is 20.4. The van der Waals surface area contributed by atoms with Gasteiger partial charge in [-0.25, -0.2) is 0 Å². The van der Waals surface area contributed by atoms with Crippen molar-refractivity contribution < 1.29 is 13.9 Å². The topological polar surface area (TPSA) is 78.5 Å². The summed E-state index contributed by atoms with van der Waals surface area (Å²) in [5.74, 6) is 0.448. The maximum absolute atomic E-state index is 12.3. The summed E-state index contributed by atoms with van der Waals surface area (Å²) < 4.78 is 11.0. The van der Waals surface area contributed by atoms with E-state index >= 15 is 0 Å². The molecular weight excluding hydrogens is 401 g/mol. The van der Waals surface area contributed by atoms with Crippen molar-refractivity contribution in [3.05, 3.63) is 51.7 Å². The minimum Gasteiger partial charge on any atom is -0.457 e. The summed E-state index contributed by atoms with van der Waals surface area (Å²) in [6.07, 6.45) is 1.41. The molecule has 1 N–H and O–H groups in total. The van der Waals surface area contributed by atoms with E-state index in [1.54, 1.807) is 30.3 Å². The molecule has 3 rings (SSSR count). The summed E-state index contributed by atoms with van der Waals surface area (Å²) in [7, 11) is 0. The zero-order valence-corrected chi connectivity index (χ0v) is 16.6. The first-order valence-electron chi connectivity index (χ1n) is 8.82. The van der Waals surface area contributed by atoms with E-state index in [4.69, 9.17) is 32.4 Å². The van der Waals surface area contributed by atoms with Gasteiger partial charge < -0.3 is 14.5 Å². The molecule has 0 aliphatic carbocycles. The van der Waals surface area contributed by atoms with Gasteiger partial charge >= 0.3 is 0 Å². The maximum Gasteiger partial charge on any atom is 0.262 e. The second-order valence-electron chi connectivity index (χ2n) is 6.21. The van der Waals surface area contributed by atoms with Crippen LogP contribution < -0.4 is 5.32 Å². The number of hydrogen-bond acceptors (Lipinski definition) is 5. The molecule has 1 saturated heterocycles. The van der Waals surface area contributed by atoms with E-state index in [2.05, 4.69) is 10.2 Å². The number of ether oxygens (including phenoxy) is 1. The third kappa shape index (κ3) is 5.37. The van der Waals surface area contributed by atoms with E-state index in [-0.39, 0.29) is 5.57 Å². The lowest BCUT2D eigenvalue weighted by Crippen LogP contribution is -2.41. The number of amides is 1. The molecule has 2 heterocycles. The summed E-state index contributed by atoms with van der Waals surface area (Å²) in [6, 6.07) is 10.4. The lowest BCUT2D eigenvalue weighted by atomic mass is 10.2. The van der Waals surface area contributed by atoms with Crippen LogP contribution in [0.3, 0.4) is 0 Å². The highest BCUT2D eigenvalue weighted by molar-refractivity contribution is 6.35. The minimum atomic E-state index is -0.436. The van der Waals surface area contributed by atoms with Crippen LogP contribution in [0.5, 0.6) is 0 Å². The van der Waals surface area contributed by atoms with Crippen LogP contribution in [-0.4, -0.2) is 50.2 Å². The Hall–Kier alpha value is -2.30. The van der Waals surface area contributed by atoms with Crippen molar-refractivity contribution in [3.8, 4) is 17.4 Å². The Morgan fingerprint density at radius 3 is 2.79 bits per heavy atom. The summed E-state index contributed by atoms with van der Waals surface area (Å²) in [6.45, 7) is 4.27. The van der Waals surface area contributed by atoms with Crippen LogP contribution >= 0.6 is 23.2 Å². The molecule has 2 aromatic rings. The molecule has 1 amide bonds. The molecule has 28 heavy (non-hydrogen) atoms. The Morgan fingerprint density at radius 2 is 2.04 bits per heavy atom. The smallest absolute Gasteiger partial charge is 0.262 e. The molecule has 0 spiro atoms. The predicted molar refractivity (Wildman–Crippen MR) is 108 cm³/mol. The Balaban J connectivity index is 1.64. The normalized spacial score (nSPS) is 15.2. The average Bonchev–Trinajstić information content (AvgIpc) is 3.17. The highest BCUT2D eigenvalue weighted by atomic mass is 35.5. The van der Waals surface area contributed by atoms with Gasteiger partial charge in [0.1, 0.15) is 23.2 Å². The second-order valence-corrected chi connectivity index (χ2v) is 7.05.